The Bertz CT molecular complexity index is 149. The summed E-state index contributed by atoms with van der Waals surface area (Å²) in [6, 6.07) is 0. The third-order valence-corrected chi connectivity index (χ3v) is 2.16. The second kappa shape index (κ2) is 4.88. The molecule has 0 heterocycles. The zero-order valence-electron chi connectivity index (χ0n) is 7.20. The molecule has 0 aromatic rings. The van der Waals surface area contributed by atoms with Crippen LogP contribution in [0, 0.1) is 5.92 Å². The average molecular weight is 181 g/mol. The Morgan fingerprint density at radius 3 is 2.55 bits per heavy atom. The Hall–Kier alpha value is 0.110. The zero-order valence-corrected chi connectivity index (χ0v) is 8.10. The first-order chi connectivity index (χ1) is 4.98. The van der Waals surface area contributed by atoms with E-state index >= 15 is 0 Å². The van der Waals surface area contributed by atoms with E-state index in [0.29, 0.717) is 13.2 Å². The summed E-state index contributed by atoms with van der Waals surface area (Å²) < 4.78 is 15.7. The topological polar surface area (TPSA) is 58.6 Å². The van der Waals surface area contributed by atoms with Gasteiger partial charge in [-0.1, -0.05) is 20.8 Å². The molecule has 0 bridgehead atoms. The van der Waals surface area contributed by atoms with Crippen LogP contribution in [0.15, 0.2) is 0 Å². The molecule has 0 aliphatic rings. The van der Waals surface area contributed by atoms with E-state index < -0.39 is 7.75 Å². The molecule has 0 aromatic carbocycles. The minimum atomic E-state index is -3.50. The van der Waals surface area contributed by atoms with E-state index in [1.165, 1.54) is 0 Å². The molecule has 0 aromatic heterocycles. The van der Waals surface area contributed by atoms with E-state index in [4.69, 9.17) is 9.42 Å². The summed E-state index contributed by atoms with van der Waals surface area (Å²) in [4.78, 5) is 8.99. The minimum Gasteiger partial charge on any atom is -0.312 e. The summed E-state index contributed by atoms with van der Waals surface area (Å²) in [7, 11) is -3.50. The van der Waals surface area contributed by atoms with Crippen molar-refractivity contribution >= 4 is 7.75 Å². The summed E-state index contributed by atoms with van der Waals surface area (Å²) in [5.41, 5.74) is 0. The molecule has 0 aliphatic heterocycles. The Morgan fingerprint density at radius 2 is 2.18 bits per heavy atom. The summed E-state index contributed by atoms with van der Waals surface area (Å²) in [5, 5.41) is 2.37. The molecule has 0 amide bonds. The molecule has 4 nitrogen and oxygen atoms in total. The second-order valence-corrected chi connectivity index (χ2v) is 4.34. The van der Waals surface area contributed by atoms with Gasteiger partial charge in [0.25, 0.3) is 0 Å². The first-order valence-electron chi connectivity index (χ1n) is 3.70. The van der Waals surface area contributed by atoms with Crippen LogP contribution < -0.4 is 5.09 Å². The van der Waals surface area contributed by atoms with E-state index in [-0.39, 0.29) is 5.92 Å². The number of hydrogen-bond donors (Lipinski definition) is 2. The monoisotopic (exact) mass is 181 g/mol. The summed E-state index contributed by atoms with van der Waals surface area (Å²) in [6.07, 6.45) is 0. The molecular formula is C6H16NO3P. The molecule has 11 heavy (non-hydrogen) atoms. The van der Waals surface area contributed by atoms with Crippen LogP contribution in [0.5, 0.6) is 0 Å². The van der Waals surface area contributed by atoms with Crippen molar-refractivity contribution in [2.24, 2.45) is 5.92 Å². The van der Waals surface area contributed by atoms with Gasteiger partial charge in [0.1, 0.15) is 0 Å². The predicted molar refractivity (Wildman–Crippen MR) is 44.3 cm³/mol. The quantitative estimate of drug-likeness (QED) is 0.629. The lowest BCUT2D eigenvalue weighted by Gasteiger charge is -2.12. The fraction of sp³-hybridized carbons (Fsp3) is 1.00. The van der Waals surface area contributed by atoms with Gasteiger partial charge in [0.2, 0.25) is 0 Å². The van der Waals surface area contributed by atoms with Crippen molar-refractivity contribution < 1.29 is 14.0 Å². The average Bonchev–Trinajstić information content (AvgIpc) is 1.84. The minimum absolute atomic E-state index is 0.272. The number of nitrogens with one attached hydrogen (secondary N) is 1. The molecule has 1 atom stereocenters. The van der Waals surface area contributed by atoms with Crippen LogP contribution in [-0.2, 0) is 9.09 Å². The van der Waals surface area contributed by atoms with Gasteiger partial charge < -0.3 is 4.89 Å². The summed E-state index contributed by atoms with van der Waals surface area (Å²) in [6.45, 7) is 6.34. The van der Waals surface area contributed by atoms with Gasteiger partial charge in [-0.2, -0.15) is 0 Å². The van der Waals surface area contributed by atoms with Gasteiger partial charge in [0.05, 0.1) is 6.61 Å². The molecule has 0 radical (unpaired) electrons. The van der Waals surface area contributed by atoms with Crippen molar-refractivity contribution in [3.05, 3.63) is 0 Å². The van der Waals surface area contributed by atoms with E-state index in [1.54, 1.807) is 6.92 Å². The van der Waals surface area contributed by atoms with Crippen LogP contribution in [0.1, 0.15) is 20.8 Å². The molecule has 0 rings (SSSR count). The first-order valence-corrected chi connectivity index (χ1v) is 5.28. The highest BCUT2D eigenvalue weighted by molar-refractivity contribution is 7.50. The SMILES string of the molecule is CCNP(=O)(O)OCC(C)C. The van der Waals surface area contributed by atoms with E-state index in [2.05, 4.69) is 5.09 Å². The van der Waals surface area contributed by atoms with Gasteiger partial charge >= 0.3 is 7.75 Å². The molecule has 5 heteroatoms. The molecule has 0 aliphatic carbocycles. The maximum atomic E-state index is 10.9. The van der Waals surface area contributed by atoms with Crippen LogP contribution in [-0.4, -0.2) is 18.0 Å². The van der Waals surface area contributed by atoms with Crippen molar-refractivity contribution in [3.8, 4) is 0 Å². The van der Waals surface area contributed by atoms with Crippen molar-refractivity contribution in [3.63, 3.8) is 0 Å². The van der Waals surface area contributed by atoms with Crippen molar-refractivity contribution in [1.82, 2.24) is 5.09 Å². The standard InChI is InChI=1S/C6H16NO3P/c1-4-7-11(8,9)10-5-6(2)3/h6H,4-5H2,1-3H3,(H2,7,8,9). The van der Waals surface area contributed by atoms with E-state index in [9.17, 15) is 4.57 Å². The van der Waals surface area contributed by atoms with Crippen LogP contribution in [0.3, 0.4) is 0 Å². The normalized spacial score (nSPS) is 16.8. The Kier molecular flexibility index (Phi) is 4.93. The van der Waals surface area contributed by atoms with Gasteiger partial charge in [-0.3, -0.25) is 4.52 Å². The third kappa shape index (κ3) is 6.51. The molecule has 0 saturated heterocycles. The number of rotatable bonds is 5. The molecule has 0 saturated carbocycles. The largest absolute Gasteiger partial charge is 0.402 e. The van der Waals surface area contributed by atoms with Gasteiger partial charge in [0.15, 0.2) is 0 Å². The lowest BCUT2D eigenvalue weighted by molar-refractivity contribution is 0.222. The van der Waals surface area contributed by atoms with Gasteiger partial charge in [-0.25, -0.2) is 9.65 Å². The summed E-state index contributed by atoms with van der Waals surface area (Å²) >= 11 is 0. The van der Waals surface area contributed by atoms with Crippen LogP contribution in [0.2, 0.25) is 0 Å². The number of hydrogen-bond acceptors (Lipinski definition) is 2. The highest BCUT2D eigenvalue weighted by Crippen LogP contribution is 2.36. The maximum absolute atomic E-state index is 10.9. The smallest absolute Gasteiger partial charge is 0.312 e. The second-order valence-electron chi connectivity index (χ2n) is 2.72. The Morgan fingerprint density at radius 1 is 1.64 bits per heavy atom. The maximum Gasteiger partial charge on any atom is 0.402 e. The third-order valence-electron chi connectivity index (χ3n) is 0.941. The van der Waals surface area contributed by atoms with Gasteiger partial charge in [-0.15, -0.1) is 0 Å². The first kappa shape index (κ1) is 11.1. The lowest BCUT2D eigenvalue weighted by Crippen LogP contribution is -2.13. The van der Waals surface area contributed by atoms with Crippen molar-refractivity contribution in [2.45, 2.75) is 20.8 Å². The summed E-state index contributed by atoms with van der Waals surface area (Å²) in [5.74, 6) is 0.272. The predicted octanol–water partition coefficient (Wildman–Crippen LogP) is 1.37. The van der Waals surface area contributed by atoms with Crippen LogP contribution >= 0.6 is 7.75 Å². The Labute approximate surface area is 67.5 Å². The Balaban J connectivity index is 3.64. The van der Waals surface area contributed by atoms with E-state index in [0.717, 1.165) is 0 Å². The molecule has 0 fully saturated rings. The van der Waals surface area contributed by atoms with Crippen molar-refractivity contribution in [2.75, 3.05) is 13.2 Å². The molecule has 2 N–H and O–H groups in total. The van der Waals surface area contributed by atoms with Gasteiger partial charge in [0, 0.05) is 6.54 Å². The zero-order chi connectivity index (χ0) is 8.91. The molecule has 68 valence electrons. The molecule has 1 unspecified atom stereocenters. The van der Waals surface area contributed by atoms with Gasteiger partial charge in [-0.05, 0) is 5.92 Å². The van der Waals surface area contributed by atoms with Crippen LogP contribution in [0.25, 0.3) is 0 Å². The van der Waals surface area contributed by atoms with Crippen LogP contribution in [0.4, 0.5) is 0 Å². The fourth-order valence-corrected chi connectivity index (χ4v) is 1.49. The fourth-order valence-electron chi connectivity index (χ4n) is 0.496. The van der Waals surface area contributed by atoms with Crippen molar-refractivity contribution in [1.29, 1.82) is 0 Å². The highest BCUT2D eigenvalue weighted by atomic mass is 31.2. The molecular weight excluding hydrogens is 165 g/mol. The lowest BCUT2D eigenvalue weighted by atomic mass is 10.2. The molecule has 0 spiro atoms. The van der Waals surface area contributed by atoms with E-state index in [1.807, 2.05) is 13.8 Å². The highest BCUT2D eigenvalue weighted by Gasteiger charge is 2.17.